The predicted molar refractivity (Wildman–Crippen MR) is 103 cm³/mol. The smallest absolute Gasteiger partial charge is 1.00 e. The second-order valence-electron chi connectivity index (χ2n) is 6.74. The molecule has 0 N–H and O–H groups in total. The minimum absolute atomic E-state index is 0. The molecule has 0 nitrogen and oxygen atoms in total. The van der Waals surface area contributed by atoms with Crippen LogP contribution in [0.2, 0.25) is 12.1 Å². The third kappa shape index (κ3) is 7.41. The Labute approximate surface area is 196 Å². The van der Waals surface area contributed by atoms with Crippen molar-refractivity contribution in [3.63, 3.8) is 0 Å². The minimum Gasteiger partial charge on any atom is -1.00 e. The molecule has 0 aliphatic heterocycles. The zero-order valence-electron chi connectivity index (χ0n) is 16.6. The Morgan fingerprint density at radius 2 is 1.31 bits per heavy atom. The van der Waals surface area contributed by atoms with Crippen LogP contribution in [0.15, 0.2) is 30.3 Å². The van der Waals surface area contributed by atoms with Crippen molar-refractivity contribution < 1.29 is 58.9 Å². The average Bonchev–Trinajstić information content (AvgIpc) is 2.73. The molecular weight excluding hydrogens is 435 g/mol. The second kappa shape index (κ2) is 15.3. The van der Waals surface area contributed by atoms with E-state index in [2.05, 4.69) is 65.0 Å². The van der Waals surface area contributed by atoms with E-state index in [4.69, 9.17) is 0 Å². The molecule has 5 heteroatoms. The van der Waals surface area contributed by atoms with E-state index in [-0.39, 0.29) is 58.9 Å². The Morgan fingerprint density at radius 1 is 0.808 bits per heavy atom. The van der Waals surface area contributed by atoms with E-state index in [1.54, 1.807) is 16.7 Å². The van der Waals surface area contributed by atoms with E-state index in [0.29, 0.717) is 0 Å². The third-order valence-corrected chi connectivity index (χ3v) is 8.98. The van der Waals surface area contributed by atoms with E-state index >= 15 is 0 Å². The standard InChI is InChI=1S/C21H31Si.3ClH.Ti/c1-6-13-22(14-7-2)15-20-17(4)16(3)18(5)21(20)19-11-9-8-10-12-19;;;;/h8-12,22H,6-7,13-15H2,1-5H3;3*1H;/q-1;;;;+4/p-3. The zero-order chi connectivity index (χ0) is 16.1. The molecule has 0 fully saturated rings. The number of rotatable bonds is 7. The van der Waals surface area contributed by atoms with Crippen molar-refractivity contribution in [2.24, 2.45) is 0 Å². The molecule has 0 saturated heterocycles. The first kappa shape index (κ1) is 31.1. The van der Waals surface area contributed by atoms with Crippen LogP contribution in [0.1, 0.15) is 48.9 Å². The number of halogens is 3. The van der Waals surface area contributed by atoms with Crippen molar-refractivity contribution in [2.45, 2.75) is 65.6 Å². The molecule has 0 aliphatic rings. The Hall–Kier alpha value is 0.371. The Bertz CT molecular complexity index is 605. The van der Waals surface area contributed by atoms with Gasteiger partial charge < -0.3 is 37.2 Å². The van der Waals surface area contributed by atoms with Gasteiger partial charge in [0.25, 0.3) is 0 Å². The van der Waals surface area contributed by atoms with Gasteiger partial charge >= 0.3 is 21.7 Å². The van der Waals surface area contributed by atoms with Gasteiger partial charge in [-0.05, 0) is 0 Å². The van der Waals surface area contributed by atoms with Gasteiger partial charge in [-0.3, -0.25) is 0 Å². The van der Waals surface area contributed by atoms with Gasteiger partial charge in [0.15, 0.2) is 0 Å². The van der Waals surface area contributed by atoms with E-state index in [9.17, 15) is 0 Å². The summed E-state index contributed by atoms with van der Waals surface area (Å²) in [7, 11) is -0.647. The maximum atomic E-state index is 2.35. The Kier molecular flexibility index (Phi) is 18.3. The molecule has 0 unspecified atom stereocenters. The molecule has 0 aromatic heterocycles. The Balaban J connectivity index is -0.00000132. The fourth-order valence-electron chi connectivity index (χ4n) is 3.81. The van der Waals surface area contributed by atoms with Gasteiger partial charge in [-0.1, -0.05) is 101 Å². The molecule has 2 rings (SSSR count). The van der Waals surface area contributed by atoms with Crippen LogP contribution in [0.5, 0.6) is 0 Å². The number of hydrogen-bond donors (Lipinski definition) is 0. The first-order chi connectivity index (χ1) is 10.6. The van der Waals surface area contributed by atoms with Gasteiger partial charge in [0, 0.05) is 8.80 Å². The predicted octanol–water partition coefficient (Wildman–Crippen LogP) is -2.86. The summed E-state index contributed by atoms with van der Waals surface area (Å²) in [5.41, 5.74) is 9.18. The van der Waals surface area contributed by atoms with Crippen LogP contribution in [0, 0.1) is 20.8 Å². The summed E-state index contributed by atoms with van der Waals surface area (Å²) in [6.07, 6.45) is 2.71. The van der Waals surface area contributed by atoms with Gasteiger partial charge in [-0.2, -0.15) is 11.1 Å². The van der Waals surface area contributed by atoms with Crippen LogP contribution < -0.4 is 37.2 Å². The third-order valence-electron chi connectivity index (χ3n) is 5.20. The topological polar surface area (TPSA) is 0 Å². The van der Waals surface area contributed by atoms with Crippen molar-refractivity contribution in [3.05, 3.63) is 52.6 Å². The normalized spacial score (nSPS) is 9.62. The number of benzene rings is 1. The first-order valence-corrected chi connectivity index (χ1v) is 11.4. The summed E-state index contributed by atoms with van der Waals surface area (Å²) in [6.45, 7) is 11.7. The van der Waals surface area contributed by atoms with Gasteiger partial charge in [0.2, 0.25) is 0 Å². The van der Waals surface area contributed by atoms with E-state index in [0.717, 1.165) is 0 Å². The molecule has 0 radical (unpaired) electrons. The molecule has 144 valence electrons. The molecule has 2 aromatic rings. The molecule has 0 saturated carbocycles. The van der Waals surface area contributed by atoms with Crippen LogP contribution in [-0.4, -0.2) is 8.80 Å². The summed E-state index contributed by atoms with van der Waals surface area (Å²) < 4.78 is 0. The summed E-state index contributed by atoms with van der Waals surface area (Å²) >= 11 is 0. The summed E-state index contributed by atoms with van der Waals surface area (Å²) in [5, 5.41) is 0. The van der Waals surface area contributed by atoms with Crippen molar-refractivity contribution in [3.8, 4) is 11.1 Å². The summed E-state index contributed by atoms with van der Waals surface area (Å²) in [4.78, 5) is 0. The maximum Gasteiger partial charge on any atom is 4.00 e. The fraction of sp³-hybridized carbons (Fsp3) is 0.476. The minimum atomic E-state index is -0.647. The monoisotopic (exact) mass is 464 g/mol. The van der Waals surface area contributed by atoms with Crippen molar-refractivity contribution in [2.75, 3.05) is 0 Å². The molecule has 0 amide bonds. The van der Waals surface area contributed by atoms with Gasteiger partial charge in [0.1, 0.15) is 0 Å². The molecule has 26 heavy (non-hydrogen) atoms. The van der Waals surface area contributed by atoms with Gasteiger partial charge in [-0.15, -0.1) is 16.7 Å². The molecule has 0 heterocycles. The quantitative estimate of drug-likeness (QED) is 0.305. The maximum absolute atomic E-state index is 2.35. The molecule has 0 atom stereocenters. The molecule has 0 aliphatic carbocycles. The van der Waals surface area contributed by atoms with Crippen LogP contribution in [0.4, 0.5) is 0 Å². The van der Waals surface area contributed by atoms with Crippen molar-refractivity contribution >= 4 is 8.80 Å². The molecule has 0 spiro atoms. The van der Waals surface area contributed by atoms with Gasteiger partial charge in [0.05, 0.1) is 0 Å². The summed E-state index contributed by atoms with van der Waals surface area (Å²) in [5.74, 6) is 0. The van der Waals surface area contributed by atoms with Gasteiger partial charge in [-0.25, -0.2) is 0 Å². The second-order valence-corrected chi connectivity index (χ2v) is 10.0. The van der Waals surface area contributed by atoms with Crippen LogP contribution in [-0.2, 0) is 27.8 Å². The zero-order valence-corrected chi connectivity index (χ0v) is 21.6. The average molecular weight is 466 g/mol. The summed E-state index contributed by atoms with van der Waals surface area (Å²) in [6, 6.07) is 15.4. The van der Waals surface area contributed by atoms with Crippen LogP contribution >= 0.6 is 0 Å². The van der Waals surface area contributed by atoms with E-state index in [1.807, 2.05) is 0 Å². The van der Waals surface area contributed by atoms with Crippen LogP contribution in [0.3, 0.4) is 0 Å². The molecular formula is C21H31Cl3SiTi. The Morgan fingerprint density at radius 3 is 1.77 bits per heavy atom. The largest absolute Gasteiger partial charge is 4.00 e. The number of hydrogen-bond acceptors (Lipinski definition) is 0. The molecule has 0 bridgehead atoms. The van der Waals surface area contributed by atoms with Crippen LogP contribution in [0.25, 0.3) is 11.1 Å². The van der Waals surface area contributed by atoms with E-state index in [1.165, 1.54) is 47.7 Å². The molecule has 2 aromatic carbocycles. The first-order valence-electron chi connectivity index (χ1n) is 8.90. The van der Waals surface area contributed by atoms with Crippen molar-refractivity contribution in [1.82, 2.24) is 0 Å². The van der Waals surface area contributed by atoms with E-state index < -0.39 is 8.80 Å². The SMILES string of the molecule is CCC[SiH](CCC)C[c-]1c(C)c(C)c(C)c1-c1ccccc1.[Cl-].[Cl-].[Cl-].[Ti+4]. The fourth-order valence-corrected chi connectivity index (χ4v) is 7.23. The van der Waals surface area contributed by atoms with Crippen molar-refractivity contribution in [1.29, 1.82) is 0 Å².